The van der Waals surface area contributed by atoms with Crippen LogP contribution in [-0.2, 0) is 0 Å². The summed E-state index contributed by atoms with van der Waals surface area (Å²) in [6, 6.07) is 4.35. The van der Waals surface area contributed by atoms with Gasteiger partial charge < -0.3 is 0 Å². The lowest BCUT2D eigenvalue weighted by atomic mass is 10.4. The quantitative estimate of drug-likeness (QED) is 0.513. The Labute approximate surface area is 85.1 Å². The fourth-order valence-electron chi connectivity index (χ4n) is 0.678. The van der Waals surface area contributed by atoms with E-state index in [1.807, 2.05) is 11.8 Å². The minimum atomic E-state index is 1.37. The molecule has 1 aromatic carbocycles. The summed E-state index contributed by atoms with van der Waals surface area (Å²) < 4.78 is 2.80. The number of hydrogen-bond donors (Lipinski definition) is 0. The van der Waals surface area contributed by atoms with Crippen molar-refractivity contribution in [3.63, 3.8) is 0 Å². The second-order valence-corrected chi connectivity index (χ2v) is 5.08. The van der Waals surface area contributed by atoms with Crippen molar-refractivity contribution < 1.29 is 0 Å². The van der Waals surface area contributed by atoms with E-state index in [2.05, 4.69) is 57.3 Å². The Bertz CT molecular complexity index is 266. The van der Waals surface area contributed by atoms with Crippen LogP contribution in [0.15, 0.2) is 21.9 Å². The Morgan fingerprint density at radius 2 is 2.00 bits per heavy atom. The molecule has 3 heteroatoms. The molecule has 0 nitrogen and oxygen atoms in total. The van der Waals surface area contributed by atoms with E-state index in [1.165, 1.54) is 16.9 Å². The van der Waals surface area contributed by atoms with E-state index in [0.29, 0.717) is 0 Å². The summed E-state index contributed by atoms with van der Waals surface area (Å²) >= 11 is 6.64. The van der Waals surface area contributed by atoms with Crippen LogP contribution in [0.5, 0.6) is 0 Å². The molecule has 0 fully saturated rings. The molecule has 0 amide bonds. The van der Waals surface area contributed by atoms with E-state index in [9.17, 15) is 0 Å². The van der Waals surface area contributed by atoms with Gasteiger partial charge in [0.05, 0.1) is 0 Å². The van der Waals surface area contributed by atoms with E-state index >= 15 is 0 Å². The minimum absolute atomic E-state index is 1.37. The van der Waals surface area contributed by atoms with Crippen LogP contribution in [0, 0.1) is 7.14 Å². The van der Waals surface area contributed by atoms with Crippen LogP contribution in [0.3, 0.4) is 0 Å². The lowest BCUT2D eigenvalue weighted by Gasteiger charge is -1.88. The van der Waals surface area contributed by atoms with Crippen molar-refractivity contribution in [3.8, 4) is 0 Å². The fourth-order valence-corrected chi connectivity index (χ4v) is 2.97. The standard InChI is InChI=1S/C6H2I2S/c7-3-1-2-4-6(9-4)5(3)8/h1-2H. The average molecular weight is 360 g/mol. The molecule has 0 aliphatic carbocycles. The van der Waals surface area contributed by atoms with Gasteiger partial charge in [0.1, 0.15) is 0 Å². The molecule has 0 aromatic heterocycles. The molecule has 0 spiro atoms. The van der Waals surface area contributed by atoms with E-state index in [1.54, 1.807) is 0 Å². The normalized spacial score (nSPS) is 13.1. The number of rotatable bonds is 0. The molecule has 9 heavy (non-hydrogen) atoms. The van der Waals surface area contributed by atoms with Gasteiger partial charge in [0.2, 0.25) is 0 Å². The third kappa shape index (κ3) is 1.11. The second kappa shape index (κ2) is 2.27. The van der Waals surface area contributed by atoms with Crippen molar-refractivity contribution in [2.75, 3.05) is 0 Å². The van der Waals surface area contributed by atoms with Gasteiger partial charge in [0, 0.05) is 16.9 Å². The van der Waals surface area contributed by atoms with Gasteiger partial charge in [-0.15, -0.1) is 0 Å². The molecule has 1 heterocycles. The lowest BCUT2D eigenvalue weighted by Crippen LogP contribution is -1.72. The van der Waals surface area contributed by atoms with E-state index in [-0.39, 0.29) is 0 Å². The van der Waals surface area contributed by atoms with Crippen LogP contribution in [0.25, 0.3) is 0 Å². The largest absolute Gasteiger partial charge is 0.0865 e. The Hall–Kier alpha value is 1.03. The summed E-state index contributed by atoms with van der Waals surface area (Å²) in [6.45, 7) is 0. The van der Waals surface area contributed by atoms with Crippen LogP contribution in [0.2, 0.25) is 0 Å². The van der Waals surface area contributed by atoms with Crippen molar-refractivity contribution in [3.05, 3.63) is 19.3 Å². The fraction of sp³-hybridized carbons (Fsp3) is 0. The number of hydrogen-bond acceptors (Lipinski definition) is 1. The third-order valence-electron chi connectivity index (χ3n) is 1.18. The molecule has 1 aromatic rings. The molecular formula is C6H2I2S. The van der Waals surface area contributed by atoms with Crippen LogP contribution < -0.4 is 0 Å². The number of fused-ring (bicyclic) bond motifs is 1. The van der Waals surface area contributed by atoms with E-state index in [0.717, 1.165) is 0 Å². The summed E-state index contributed by atoms with van der Waals surface area (Å²) in [4.78, 5) is 2.95. The number of benzene rings is 1. The molecule has 0 atom stereocenters. The second-order valence-electron chi connectivity index (χ2n) is 1.79. The van der Waals surface area contributed by atoms with Gasteiger partial charge in [-0.2, -0.15) is 0 Å². The molecule has 1 aliphatic heterocycles. The number of halogens is 2. The predicted octanol–water partition coefficient (Wildman–Crippen LogP) is 3.36. The zero-order valence-electron chi connectivity index (χ0n) is 4.32. The van der Waals surface area contributed by atoms with Gasteiger partial charge in [-0.3, -0.25) is 0 Å². The zero-order chi connectivity index (χ0) is 6.43. The molecule has 0 saturated heterocycles. The molecular weight excluding hydrogens is 358 g/mol. The van der Waals surface area contributed by atoms with Gasteiger partial charge in [-0.05, 0) is 57.3 Å². The first-order valence-corrected chi connectivity index (χ1v) is 5.42. The Morgan fingerprint density at radius 1 is 1.22 bits per heavy atom. The van der Waals surface area contributed by atoms with Crippen LogP contribution in [0.1, 0.15) is 0 Å². The average Bonchev–Trinajstić information content (AvgIpc) is 2.58. The molecule has 0 N–H and O–H groups in total. The Morgan fingerprint density at radius 3 is 2.67 bits per heavy atom. The summed E-state index contributed by atoms with van der Waals surface area (Å²) in [5.41, 5.74) is 0. The maximum atomic E-state index is 2.39. The van der Waals surface area contributed by atoms with Gasteiger partial charge in [0.15, 0.2) is 0 Å². The van der Waals surface area contributed by atoms with Crippen LogP contribution in [0.4, 0.5) is 0 Å². The van der Waals surface area contributed by atoms with Crippen molar-refractivity contribution in [2.24, 2.45) is 0 Å². The Balaban J connectivity index is 2.70. The molecule has 0 saturated carbocycles. The monoisotopic (exact) mass is 360 g/mol. The molecule has 1 aliphatic rings. The molecule has 0 unspecified atom stereocenters. The molecule has 2 rings (SSSR count). The summed E-state index contributed by atoms with van der Waals surface area (Å²) in [5.74, 6) is 0. The summed E-state index contributed by atoms with van der Waals surface area (Å²) in [5, 5.41) is 0. The molecule has 0 bridgehead atoms. The Kier molecular flexibility index (Phi) is 1.69. The molecule has 0 radical (unpaired) electrons. The van der Waals surface area contributed by atoms with Crippen molar-refractivity contribution >= 4 is 56.9 Å². The highest BCUT2D eigenvalue weighted by molar-refractivity contribution is 14.1. The minimum Gasteiger partial charge on any atom is -0.0865 e. The summed E-state index contributed by atoms with van der Waals surface area (Å²) in [6.07, 6.45) is 0. The maximum Gasteiger partial charge on any atom is 0.0414 e. The van der Waals surface area contributed by atoms with E-state index in [4.69, 9.17) is 0 Å². The maximum absolute atomic E-state index is 2.39. The molecule has 46 valence electrons. The van der Waals surface area contributed by atoms with Crippen molar-refractivity contribution in [2.45, 2.75) is 9.79 Å². The third-order valence-corrected chi connectivity index (χ3v) is 5.59. The van der Waals surface area contributed by atoms with Gasteiger partial charge >= 0.3 is 0 Å². The SMILES string of the molecule is Ic1ccc2c(c1I)S2. The van der Waals surface area contributed by atoms with Crippen LogP contribution in [-0.4, -0.2) is 0 Å². The highest BCUT2D eigenvalue weighted by Gasteiger charge is 2.22. The highest BCUT2D eigenvalue weighted by atomic mass is 127. The topological polar surface area (TPSA) is 0 Å². The van der Waals surface area contributed by atoms with Crippen LogP contribution >= 0.6 is 56.9 Å². The first kappa shape index (κ1) is 6.72. The zero-order valence-corrected chi connectivity index (χ0v) is 9.45. The summed E-state index contributed by atoms with van der Waals surface area (Å²) in [7, 11) is 0. The van der Waals surface area contributed by atoms with Gasteiger partial charge in [-0.25, -0.2) is 0 Å². The van der Waals surface area contributed by atoms with Crippen molar-refractivity contribution in [1.82, 2.24) is 0 Å². The van der Waals surface area contributed by atoms with Crippen molar-refractivity contribution in [1.29, 1.82) is 0 Å². The predicted molar refractivity (Wildman–Crippen MR) is 56.0 cm³/mol. The van der Waals surface area contributed by atoms with E-state index < -0.39 is 0 Å². The first-order valence-electron chi connectivity index (χ1n) is 2.45. The highest BCUT2D eigenvalue weighted by Crippen LogP contribution is 2.51. The lowest BCUT2D eigenvalue weighted by molar-refractivity contribution is 1.31. The van der Waals surface area contributed by atoms with Gasteiger partial charge in [0.25, 0.3) is 0 Å². The smallest absolute Gasteiger partial charge is 0.0414 e. The van der Waals surface area contributed by atoms with Gasteiger partial charge in [-0.1, -0.05) is 11.8 Å². The first-order chi connectivity index (χ1) is 4.29.